The van der Waals surface area contributed by atoms with E-state index in [0.717, 1.165) is 10.7 Å². The van der Waals surface area contributed by atoms with Crippen LogP contribution in [0.15, 0.2) is 17.8 Å². The number of imidazole rings is 1. The van der Waals surface area contributed by atoms with Crippen molar-refractivity contribution in [2.45, 2.75) is 12.5 Å². The molecule has 14 heavy (non-hydrogen) atoms. The van der Waals surface area contributed by atoms with Gasteiger partial charge in [-0.3, -0.25) is 4.40 Å². The zero-order valence-electron chi connectivity index (χ0n) is 7.88. The Kier molecular flexibility index (Phi) is 2.81. The number of methoxy groups -OCH3 is 1. The van der Waals surface area contributed by atoms with E-state index in [1.165, 1.54) is 0 Å². The summed E-state index contributed by atoms with van der Waals surface area (Å²) in [5, 5.41) is 11.5. The van der Waals surface area contributed by atoms with Crippen molar-refractivity contribution in [2.24, 2.45) is 0 Å². The summed E-state index contributed by atoms with van der Waals surface area (Å²) in [4.78, 5) is 5.32. The Hall–Kier alpha value is -0.910. The van der Waals surface area contributed by atoms with Gasteiger partial charge in [-0.2, -0.15) is 0 Å². The number of ether oxygens (including phenoxy) is 1. The second kappa shape index (κ2) is 4.08. The van der Waals surface area contributed by atoms with Gasteiger partial charge in [0.1, 0.15) is 0 Å². The molecule has 1 unspecified atom stereocenters. The number of nitrogens with zero attached hydrogens (tertiary/aromatic N) is 2. The second-order valence-corrected chi connectivity index (χ2v) is 4.01. The summed E-state index contributed by atoms with van der Waals surface area (Å²) < 4.78 is 6.81. The van der Waals surface area contributed by atoms with Gasteiger partial charge in [0.2, 0.25) is 0 Å². The van der Waals surface area contributed by atoms with Gasteiger partial charge in [0.15, 0.2) is 4.96 Å². The number of hydrogen-bond acceptors (Lipinski definition) is 4. The summed E-state index contributed by atoms with van der Waals surface area (Å²) in [5.41, 5.74) is 0.904. The van der Waals surface area contributed by atoms with E-state index in [0.29, 0.717) is 13.0 Å². The Balaban J connectivity index is 2.08. The van der Waals surface area contributed by atoms with Crippen LogP contribution < -0.4 is 0 Å². The van der Waals surface area contributed by atoms with Gasteiger partial charge in [-0.15, -0.1) is 11.3 Å². The van der Waals surface area contributed by atoms with Gasteiger partial charge in [0.05, 0.1) is 18.4 Å². The first kappa shape index (κ1) is 9.64. The molecule has 0 aliphatic carbocycles. The first-order valence-corrected chi connectivity index (χ1v) is 5.25. The highest BCUT2D eigenvalue weighted by molar-refractivity contribution is 7.15. The van der Waals surface area contributed by atoms with Gasteiger partial charge in [-0.25, -0.2) is 4.98 Å². The third-order valence-corrected chi connectivity index (χ3v) is 2.72. The molecule has 1 atom stereocenters. The lowest BCUT2D eigenvalue weighted by molar-refractivity contribution is 0.0645. The molecule has 2 aromatic heterocycles. The second-order valence-electron chi connectivity index (χ2n) is 3.14. The van der Waals surface area contributed by atoms with E-state index in [9.17, 15) is 5.11 Å². The predicted molar refractivity (Wildman–Crippen MR) is 54.7 cm³/mol. The summed E-state index contributed by atoms with van der Waals surface area (Å²) >= 11 is 1.59. The molecule has 0 saturated heterocycles. The van der Waals surface area contributed by atoms with Crippen LogP contribution in [0.3, 0.4) is 0 Å². The van der Waals surface area contributed by atoms with E-state index >= 15 is 0 Å². The predicted octanol–water partition coefficient (Wildman–Crippen LogP) is 0.946. The molecule has 0 fully saturated rings. The highest BCUT2D eigenvalue weighted by Crippen LogP contribution is 2.12. The van der Waals surface area contributed by atoms with E-state index in [1.54, 1.807) is 18.4 Å². The molecule has 0 bridgehead atoms. The lowest BCUT2D eigenvalue weighted by atomic mass is 10.2. The Morgan fingerprint density at radius 3 is 3.29 bits per heavy atom. The van der Waals surface area contributed by atoms with Gasteiger partial charge in [-0.05, 0) is 0 Å². The van der Waals surface area contributed by atoms with E-state index in [2.05, 4.69) is 4.98 Å². The van der Waals surface area contributed by atoms with Crippen LogP contribution in [0.4, 0.5) is 0 Å². The maximum Gasteiger partial charge on any atom is 0.193 e. The zero-order valence-corrected chi connectivity index (χ0v) is 8.70. The number of aromatic nitrogens is 2. The first-order chi connectivity index (χ1) is 6.79. The highest BCUT2D eigenvalue weighted by atomic mass is 32.1. The molecule has 2 heterocycles. The molecule has 0 saturated carbocycles. The minimum Gasteiger partial charge on any atom is -0.390 e. The maximum absolute atomic E-state index is 9.49. The summed E-state index contributed by atoms with van der Waals surface area (Å²) in [6, 6.07) is 0. The average Bonchev–Trinajstić information content (AvgIpc) is 2.63. The molecule has 0 radical (unpaired) electrons. The average molecular weight is 212 g/mol. The van der Waals surface area contributed by atoms with E-state index in [4.69, 9.17) is 4.74 Å². The topological polar surface area (TPSA) is 46.8 Å². The molecule has 1 N–H and O–H groups in total. The van der Waals surface area contributed by atoms with E-state index in [-0.39, 0.29) is 0 Å². The zero-order chi connectivity index (χ0) is 9.97. The van der Waals surface area contributed by atoms with Crippen molar-refractivity contribution in [3.63, 3.8) is 0 Å². The van der Waals surface area contributed by atoms with Crippen molar-refractivity contribution in [1.29, 1.82) is 0 Å². The summed E-state index contributed by atoms with van der Waals surface area (Å²) in [7, 11) is 1.58. The molecule has 0 aliphatic rings. The van der Waals surface area contributed by atoms with E-state index < -0.39 is 6.10 Å². The van der Waals surface area contributed by atoms with Crippen molar-refractivity contribution >= 4 is 16.3 Å². The standard InChI is InChI=1S/C9H12N2O2S/c1-13-6-8(12)4-7-5-11-2-3-14-9(11)10-7/h2-3,5,8,12H,4,6H2,1H3. The molecular weight excluding hydrogens is 200 g/mol. The third-order valence-electron chi connectivity index (χ3n) is 1.95. The Labute approximate surface area is 85.8 Å². The summed E-state index contributed by atoms with van der Waals surface area (Å²) in [6.45, 7) is 0.352. The monoisotopic (exact) mass is 212 g/mol. The van der Waals surface area contributed by atoms with Crippen LogP contribution >= 0.6 is 11.3 Å². The smallest absolute Gasteiger partial charge is 0.193 e. The van der Waals surface area contributed by atoms with Crippen LogP contribution in [0.1, 0.15) is 5.69 Å². The molecule has 0 aromatic carbocycles. The van der Waals surface area contributed by atoms with Crippen LogP contribution in [0.2, 0.25) is 0 Å². The number of hydrogen-bond donors (Lipinski definition) is 1. The summed E-state index contributed by atoms with van der Waals surface area (Å²) in [5.74, 6) is 0. The fourth-order valence-corrected chi connectivity index (χ4v) is 2.09. The van der Waals surface area contributed by atoms with Crippen LogP contribution in [-0.2, 0) is 11.2 Å². The normalized spacial score (nSPS) is 13.6. The molecule has 2 aromatic rings. The van der Waals surface area contributed by atoms with Gasteiger partial charge in [0, 0.05) is 31.3 Å². The van der Waals surface area contributed by atoms with Crippen molar-refractivity contribution < 1.29 is 9.84 Å². The third kappa shape index (κ3) is 1.95. The van der Waals surface area contributed by atoms with Crippen LogP contribution in [0.25, 0.3) is 4.96 Å². The minimum atomic E-state index is -0.468. The molecule has 5 heteroatoms. The molecule has 0 spiro atoms. The van der Waals surface area contributed by atoms with Crippen molar-refractivity contribution in [3.05, 3.63) is 23.5 Å². The largest absolute Gasteiger partial charge is 0.390 e. The fraction of sp³-hybridized carbons (Fsp3) is 0.444. The molecule has 0 aliphatic heterocycles. The number of rotatable bonds is 4. The Morgan fingerprint density at radius 1 is 1.71 bits per heavy atom. The Morgan fingerprint density at radius 2 is 2.57 bits per heavy atom. The SMILES string of the molecule is COCC(O)Cc1cn2ccsc2n1. The van der Waals surface area contributed by atoms with Gasteiger partial charge < -0.3 is 9.84 Å². The van der Waals surface area contributed by atoms with Crippen molar-refractivity contribution in [2.75, 3.05) is 13.7 Å². The fourth-order valence-electron chi connectivity index (χ4n) is 1.37. The van der Waals surface area contributed by atoms with Crippen LogP contribution in [-0.4, -0.2) is 34.3 Å². The Bertz CT molecular complexity index is 381. The lowest BCUT2D eigenvalue weighted by Gasteiger charge is -2.05. The number of fused-ring (bicyclic) bond motifs is 1. The maximum atomic E-state index is 9.49. The van der Waals surface area contributed by atoms with Crippen molar-refractivity contribution in [3.8, 4) is 0 Å². The van der Waals surface area contributed by atoms with Gasteiger partial charge >= 0.3 is 0 Å². The van der Waals surface area contributed by atoms with Crippen LogP contribution in [0.5, 0.6) is 0 Å². The molecule has 2 rings (SSSR count). The quantitative estimate of drug-likeness (QED) is 0.820. The van der Waals surface area contributed by atoms with E-state index in [1.807, 2.05) is 22.2 Å². The van der Waals surface area contributed by atoms with Crippen molar-refractivity contribution in [1.82, 2.24) is 9.38 Å². The molecule has 76 valence electrons. The number of aliphatic hydroxyl groups excluding tert-OH is 1. The van der Waals surface area contributed by atoms with Gasteiger partial charge in [-0.1, -0.05) is 0 Å². The minimum absolute atomic E-state index is 0.352. The number of aliphatic hydroxyl groups is 1. The molecular formula is C9H12N2O2S. The molecule has 4 nitrogen and oxygen atoms in total. The first-order valence-electron chi connectivity index (χ1n) is 4.37. The lowest BCUT2D eigenvalue weighted by Crippen LogP contribution is -2.17. The van der Waals surface area contributed by atoms with Gasteiger partial charge in [0.25, 0.3) is 0 Å². The highest BCUT2D eigenvalue weighted by Gasteiger charge is 2.08. The van der Waals surface area contributed by atoms with Crippen LogP contribution in [0, 0.1) is 0 Å². The summed E-state index contributed by atoms with van der Waals surface area (Å²) in [6.07, 6.45) is 3.97. The number of thiazole rings is 1. The molecule has 0 amide bonds.